The number of carboxylic acid groups (broad SMARTS) is 1. The fourth-order valence-corrected chi connectivity index (χ4v) is 2.22. The molecule has 1 aromatic carbocycles. The second kappa shape index (κ2) is 7.29. The molecule has 0 amide bonds. The largest absolute Gasteiger partial charge is 0.481 e. The molecule has 0 spiro atoms. The lowest BCUT2D eigenvalue weighted by atomic mass is 10.4. The molecular formula is C12H16FNO2S. The zero-order valence-corrected chi connectivity index (χ0v) is 10.5. The molecule has 1 aromatic rings. The summed E-state index contributed by atoms with van der Waals surface area (Å²) in [6.07, 6.45) is 0.164. The lowest BCUT2D eigenvalue weighted by Gasteiger charge is -2.14. The molecule has 0 radical (unpaired) electrons. The van der Waals surface area contributed by atoms with Gasteiger partial charge in [0.2, 0.25) is 0 Å². The summed E-state index contributed by atoms with van der Waals surface area (Å²) < 4.78 is 12.6. The van der Waals surface area contributed by atoms with E-state index in [-0.39, 0.29) is 12.2 Å². The highest BCUT2D eigenvalue weighted by Gasteiger charge is 2.02. The Bertz CT molecular complexity index is 356. The molecule has 0 heterocycles. The summed E-state index contributed by atoms with van der Waals surface area (Å²) in [5, 5.41) is 8.52. The molecule has 0 saturated heterocycles. The molecule has 0 bridgehead atoms. The van der Waals surface area contributed by atoms with Crippen LogP contribution in [0, 0.1) is 5.82 Å². The number of rotatable bonds is 7. The zero-order valence-electron chi connectivity index (χ0n) is 9.73. The highest BCUT2D eigenvalue weighted by Crippen LogP contribution is 2.17. The van der Waals surface area contributed by atoms with Crippen molar-refractivity contribution in [1.82, 2.24) is 4.90 Å². The standard InChI is InChI=1S/C12H16FNO2S/c1-14(7-6-12(15)16)8-9-17-11-4-2-10(13)3-5-11/h2-5H,6-9H2,1H3,(H,15,16). The number of benzene rings is 1. The van der Waals surface area contributed by atoms with E-state index in [1.54, 1.807) is 23.9 Å². The molecular weight excluding hydrogens is 241 g/mol. The Morgan fingerprint density at radius 1 is 1.35 bits per heavy atom. The lowest BCUT2D eigenvalue weighted by Crippen LogP contribution is -2.24. The van der Waals surface area contributed by atoms with Crippen molar-refractivity contribution in [3.8, 4) is 0 Å². The van der Waals surface area contributed by atoms with Crippen LogP contribution in [-0.2, 0) is 4.79 Å². The fraction of sp³-hybridized carbons (Fsp3) is 0.417. The van der Waals surface area contributed by atoms with Gasteiger partial charge in [0.05, 0.1) is 6.42 Å². The van der Waals surface area contributed by atoms with Crippen molar-refractivity contribution in [2.75, 3.05) is 25.9 Å². The number of hydrogen-bond donors (Lipinski definition) is 1. The number of halogens is 1. The third kappa shape index (κ3) is 6.28. The van der Waals surface area contributed by atoms with E-state index in [2.05, 4.69) is 0 Å². The average Bonchev–Trinajstić information content (AvgIpc) is 2.29. The number of aliphatic carboxylic acids is 1. The van der Waals surface area contributed by atoms with Gasteiger partial charge in [0, 0.05) is 23.7 Å². The summed E-state index contributed by atoms with van der Waals surface area (Å²) in [6, 6.07) is 6.38. The SMILES string of the molecule is CN(CCSc1ccc(F)cc1)CCC(=O)O. The van der Waals surface area contributed by atoms with E-state index in [4.69, 9.17) is 5.11 Å². The van der Waals surface area contributed by atoms with Gasteiger partial charge >= 0.3 is 5.97 Å². The van der Waals surface area contributed by atoms with Gasteiger partial charge in [-0.15, -0.1) is 11.8 Å². The molecule has 0 unspecified atom stereocenters. The van der Waals surface area contributed by atoms with Gasteiger partial charge in [0.1, 0.15) is 5.82 Å². The van der Waals surface area contributed by atoms with E-state index in [1.807, 2.05) is 11.9 Å². The Balaban J connectivity index is 2.18. The summed E-state index contributed by atoms with van der Waals surface area (Å²) in [6.45, 7) is 1.37. The molecule has 17 heavy (non-hydrogen) atoms. The summed E-state index contributed by atoms with van der Waals surface area (Å²) in [7, 11) is 1.90. The van der Waals surface area contributed by atoms with E-state index in [0.717, 1.165) is 17.2 Å². The first-order chi connectivity index (χ1) is 8.08. The number of carbonyl (C=O) groups is 1. The summed E-state index contributed by atoms with van der Waals surface area (Å²) in [5.41, 5.74) is 0. The predicted molar refractivity (Wildman–Crippen MR) is 66.9 cm³/mol. The normalized spacial score (nSPS) is 10.8. The van der Waals surface area contributed by atoms with Gasteiger partial charge < -0.3 is 10.0 Å². The second-order valence-corrected chi connectivity index (χ2v) is 4.92. The maximum Gasteiger partial charge on any atom is 0.304 e. The van der Waals surface area contributed by atoms with Crippen LogP contribution in [0.5, 0.6) is 0 Å². The van der Waals surface area contributed by atoms with Crippen LogP contribution >= 0.6 is 11.8 Å². The van der Waals surface area contributed by atoms with Gasteiger partial charge in [-0.25, -0.2) is 4.39 Å². The summed E-state index contributed by atoms with van der Waals surface area (Å²) in [5.74, 6) is -0.141. The molecule has 94 valence electrons. The molecule has 1 N–H and O–H groups in total. The number of thioether (sulfide) groups is 1. The van der Waals surface area contributed by atoms with Crippen LogP contribution in [0.4, 0.5) is 4.39 Å². The Morgan fingerprint density at radius 2 is 2.00 bits per heavy atom. The Hall–Kier alpha value is -1.07. The Labute approximate surface area is 105 Å². The van der Waals surface area contributed by atoms with Gasteiger partial charge in [0.25, 0.3) is 0 Å². The highest BCUT2D eigenvalue weighted by molar-refractivity contribution is 7.99. The van der Waals surface area contributed by atoms with Crippen LogP contribution in [0.15, 0.2) is 29.2 Å². The molecule has 5 heteroatoms. The van der Waals surface area contributed by atoms with Crippen molar-refractivity contribution in [3.63, 3.8) is 0 Å². The summed E-state index contributed by atoms with van der Waals surface area (Å²) >= 11 is 1.64. The van der Waals surface area contributed by atoms with Crippen LogP contribution in [0.2, 0.25) is 0 Å². The molecule has 0 atom stereocenters. The first-order valence-corrected chi connectivity index (χ1v) is 6.35. The van der Waals surface area contributed by atoms with Gasteiger partial charge in [-0.3, -0.25) is 4.79 Å². The third-order valence-corrected chi connectivity index (χ3v) is 3.25. The number of carboxylic acids is 1. The maximum atomic E-state index is 12.6. The van der Waals surface area contributed by atoms with Crippen molar-refractivity contribution in [2.24, 2.45) is 0 Å². The van der Waals surface area contributed by atoms with Crippen molar-refractivity contribution < 1.29 is 14.3 Å². The molecule has 0 fully saturated rings. The van der Waals surface area contributed by atoms with E-state index in [1.165, 1.54) is 12.1 Å². The third-order valence-electron chi connectivity index (χ3n) is 2.26. The monoisotopic (exact) mass is 257 g/mol. The first kappa shape index (κ1) is 14.0. The van der Waals surface area contributed by atoms with Crippen molar-refractivity contribution >= 4 is 17.7 Å². The van der Waals surface area contributed by atoms with Gasteiger partial charge in [-0.1, -0.05) is 0 Å². The first-order valence-electron chi connectivity index (χ1n) is 5.36. The van der Waals surface area contributed by atoms with Crippen molar-refractivity contribution in [2.45, 2.75) is 11.3 Å². The molecule has 0 aliphatic heterocycles. The molecule has 0 aliphatic rings. The molecule has 1 rings (SSSR count). The molecule has 0 aromatic heterocycles. The minimum absolute atomic E-state index is 0.164. The molecule has 0 saturated carbocycles. The quantitative estimate of drug-likeness (QED) is 0.761. The van der Waals surface area contributed by atoms with E-state index in [9.17, 15) is 9.18 Å². The van der Waals surface area contributed by atoms with Gasteiger partial charge in [-0.2, -0.15) is 0 Å². The Kier molecular flexibility index (Phi) is 6.00. The van der Waals surface area contributed by atoms with Crippen molar-refractivity contribution in [1.29, 1.82) is 0 Å². The van der Waals surface area contributed by atoms with E-state index < -0.39 is 5.97 Å². The van der Waals surface area contributed by atoms with E-state index >= 15 is 0 Å². The molecule has 0 aliphatic carbocycles. The smallest absolute Gasteiger partial charge is 0.304 e. The minimum Gasteiger partial charge on any atom is -0.481 e. The van der Waals surface area contributed by atoms with E-state index in [0.29, 0.717) is 6.54 Å². The zero-order chi connectivity index (χ0) is 12.7. The second-order valence-electron chi connectivity index (χ2n) is 3.75. The van der Waals surface area contributed by atoms with Crippen LogP contribution in [0.25, 0.3) is 0 Å². The number of nitrogens with zero attached hydrogens (tertiary/aromatic N) is 1. The predicted octanol–water partition coefficient (Wildman–Crippen LogP) is 2.32. The van der Waals surface area contributed by atoms with Crippen LogP contribution < -0.4 is 0 Å². The van der Waals surface area contributed by atoms with Gasteiger partial charge in [0.15, 0.2) is 0 Å². The van der Waals surface area contributed by atoms with Gasteiger partial charge in [-0.05, 0) is 31.3 Å². The van der Waals surface area contributed by atoms with Crippen molar-refractivity contribution in [3.05, 3.63) is 30.1 Å². The Morgan fingerprint density at radius 3 is 2.59 bits per heavy atom. The van der Waals surface area contributed by atoms with Crippen LogP contribution in [-0.4, -0.2) is 41.9 Å². The van der Waals surface area contributed by atoms with Crippen LogP contribution in [0.1, 0.15) is 6.42 Å². The average molecular weight is 257 g/mol. The minimum atomic E-state index is -0.775. The summed E-state index contributed by atoms with van der Waals surface area (Å²) in [4.78, 5) is 13.4. The lowest BCUT2D eigenvalue weighted by molar-refractivity contribution is -0.137. The van der Waals surface area contributed by atoms with Crippen LogP contribution in [0.3, 0.4) is 0 Å². The number of hydrogen-bond acceptors (Lipinski definition) is 3. The maximum absolute atomic E-state index is 12.6. The highest BCUT2D eigenvalue weighted by atomic mass is 32.2. The fourth-order valence-electron chi connectivity index (χ4n) is 1.25. The topological polar surface area (TPSA) is 40.5 Å². The molecule has 3 nitrogen and oxygen atoms in total.